The third kappa shape index (κ3) is 4.50. The molecule has 1 aliphatic heterocycles. The first-order valence-corrected chi connectivity index (χ1v) is 6.22. The summed E-state index contributed by atoms with van der Waals surface area (Å²) < 4.78 is 0. The molecule has 1 saturated heterocycles. The summed E-state index contributed by atoms with van der Waals surface area (Å²) in [5.74, 6) is -0.111. The van der Waals surface area contributed by atoms with Crippen LogP contribution in [0.5, 0.6) is 0 Å². The standard InChI is InChI=1S/C11H22N4O3/c1-9(13-11(12)18)10(17)15-4-2-3-14(5-6-15)7-8-16/h9,16H,2-8H2,1H3,(H3,12,13,18). The molecule has 3 amide bonds. The van der Waals surface area contributed by atoms with E-state index in [1.165, 1.54) is 0 Å². The van der Waals surface area contributed by atoms with Crippen LogP contribution >= 0.6 is 0 Å². The number of nitrogens with one attached hydrogen (secondary N) is 1. The van der Waals surface area contributed by atoms with Gasteiger partial charge in [-0.05, 0) is 19.9 Å². The fourth-order valence-electron chi connectivity index (χ4n) is 2.11. The van der Waals surface area contributed by atoms with E-state index in [4.69, 9.17) is 10.8 Å². The van der Waals surface area contributed by atoms with Crippen LogP contribution in [-0.4, -0.2) is 72.2 Å². The minimum absolute atomic E-state index is 0.111. The number of aliphatic hydroxyl groups excluding tert-OH is 1. The Morgan fingerprint density at radius 3 is 2.67 bits per heavy atom. The number of carbonyl (C=O) groups excluding carboxylic acids is 2. The number of primary amides is 1. The van der Waals surface area contributed by atoms with Crippen LogP contribution in [0.15, 0.2) is 0 Å². The van der Waals surface area contributed by atoms with Gasteiger partial charge in [0.15, 0.2) is 0 Å². The number of nitrogens with zero attached hydrogens (tertiary/aromatic N) is 2. The summed E-state index contributed by atoms with van der Waals surface area (Å²) in [4.78, 5) is 26.6. The molecule has 0 saturated carbocycles. The summed E-state index contributed by atoms with van der Waals surface area (Å²) >= 11 is 0. The van der Waals surface area contributed by atoms with Gasteiger partial charge in [-0.3, -0.25) is 9.69 Å². The number of hydrogen-bond acceptors (Lipinski definition) is 4. The SMILES string of the molecule is CC(NC(N)=O)C(=O)N1CCCN(CCO)CC1. The van der Waals surface area contributed by atoms with Crippen LogP contribution in [0.3, 0.4) is 0 Å². The fourth-order valence-corrected chi connectivity index (χ4v) is 2.11. The Hall–Kier alpha value is -1.34. The lowest BCUT2D eigenvalue weighted by atomic mass is 10.2. The lowest BCUT2D eigenvalue weighted by Gasteiger charge is -2.24. The molecular formula is C11H22N4O3. The molecule has 0 aromatic carbocycles. The van der Waals surface area contributed by atoms with E-state index in [2.05, 4.69) is 10.2 Å². The first-order valence-electron chi connectivity index (χ1n) is 6.22. The molecular weight excluding hydrogens is 236 g/mol. The molecule has 1 atom stereocenters. The van der Waals surface area contributed by atoms with Crippen molar-refractivity contribution in [3.05, 3.63) is 0 Å². The summed E-state index contributed by atoms with van der Waals surface area (Å²) in [6, 6.07) is -1.28. The molecule has 1 fully saturated rings. The zero-order valence-electron chi connectivity index (χ0n) is 10.8. The van der Waals surface area contributed by atoms with E-state index in [9.17, 15) is 9.59 Å². The topological polar surface area (TPSA) is 98.9 Å². The highest BCUT2D eigenvalue weighted by molar-refractivity contribution is 5.86. The van der Waals surface area contributed by atoms with Crippen LogP contribution in [0.2, 0.25) is 0 Å². The van der Waals surface area contributed by atoms with Crippen molar-refractivity contribution in [3.8, 4) is 0 Å². The second-order valence-corrected chi connectivity index (χ2v) is 4.47. The minimum atomic E-state index is -0.687. The first-order chi connectivity index (χ1) is 8.54. The van der Waals surface area contributed by atoms with Crippen molar-refractivity contribution in [1.82, 2.24) is 15.1 Å². The molecule has 0 bridgehead atoms. The summed E-state index contributed by atoms with van der Waals surface area (Å²) in [6.07, 6.45) is 0.870. The highest BCUT2D eigenvalue weighted by Crippen LogP contribution is 2.04. The molecule has 0 aromatic rings. The number of hydrogen-bond donors (Lipinski definition) is 3. The van der Waals surface area contributed by atoms with Gasteiger partial charge in [0.1, 0.15) is 6.04 Å². The Morgan fingerprint density at radius 1 is 1.33 bits per heavy atom. The van der Waals surface area contributed by atoms with Crippen LogP contribution in [0.25, 0.3) is 0 Å². The number of amides is 3. The second kappa shape index (κ2) is 7.17. The fraction of sp³-hybridized carbons (Fsp3) is 0.818. The molecule has 0 aliphatic carbocycles. The van der Waals surface area contributed by atoms with Crippen LogP contribution in [0.1, 0.15) is 13.3 Å². The maximum absolute atomic E-state index is 12.0. The average molecular weight is 258 g/mol. The number of nitrogens with two attached hydrogens (primary N) is 1. The smallest absolute Gasteiger partial charge is 0.312 e. The van der Waals surface area contributed by atoms with Gasteiger partial charge < -0.3 is 21.1 Å². The van der Waals surface area contributed by atoms with E-state index in [1.54, 1.807) is 11.8 Å². The summed E-state index contributed by atoms with van der Waals surface area (Å²) in [5, 5.41) is 11.3. The lowest BCUT2D eigenvalue weighted by Crippen LogP contribution is -2.49. The summed E-state index contributed by atoms with van der Waals surface area (Å²) in [5.41, 5.74) is 5.00. The highest BCUT2D eigenvalue weighted by atomic mass is 16.3. The van der Waals surface area contributed by atoms with E-state index >= 15 is 0 Å². The van der Waals surface area contributed by atoms with Crippen molar-refractivity contribution >= 4 is 11.9 Å². The maximum atomic E-state index is 12.0. The molecule has 4 N–H and O–H groups in total. The van der Waals surface area contributed by atoms with E-state index in [0.717, 1.165) is 19.5 Å². The van der Waals surface area contributed by atoms with Gasteiger partial charge in [0, 0.05) is 26.2 Å². The van der Waals surface area contributed by atoms with Gasteiger partial charge in [-0.15, -0.1) is 0 Å². The molecule has 7 heteroatoms. The predicted octanol–water partition coefficient (Wildman–Crippen LogP) is -1.43. The van der Waals surface area contributed by atoms with E-state index < -0.39 is 12.1 Å². The van der Waals surface area contributed by atoms with E-state index in [-0.39, 0.29) is 12.5 Å². The Kier molecular flexibility index (Phi) is 5.87. The zero-order chi connectivity index (χ0) is 13.5. The monoisotopic (exact) mass is 258 g/mol. The molecule has 18 heavy (non-hydrogen) atoms. The van der Waals surface area contributed by atoms with Gasteiger partial charge in [-0.25, -0.2) is 4.79 Å². The minimum Gasteiger partial charge on any atom is -0.395 e. The number of urea groups is 1. The van der Waals surface area contributed by atoms with Crippen LogP contribution in [0, 0.1) is 0 Å². The van der Waals surface area contributed by atoms with Crippen molar-refractivity contribution in [2.24, 2.45) is 5.73 Å². The number of carbonyl (C=O) groups is 2. The normalized spacial score (nSPS) is 19.1. The molecule has 0 radical (unpaired) electrons. The van der Waals surface area contributed by atoms with Gasteiger partial charge in [-0.2, -0.15) is 0 Å². The maximum Gasteiger partial charge on any atom is 0.312 e. The predicted molar refractivity (Wildman–Crippen MR) is 66.9 cm³/mol. The van der Waals surface area contributed by atoms with Crippen LogP contribution < -0.4 is 11.1 Å². The highest BCUT2D eigenvalue weighted by Gasteiger charge is 2.23. The van der Waals surface area contributed by atoms with Gasteiger partial charge in [0.25, 0.3) is 0 Å². The lowest BCUT2D eigenvalue weighted by molar-refractivity contribution is -0.132. The van der Waals surface area contributed by atoms with Gasteiger partial charge >= 0.3 is 6.03 Å². The van der Waals surface area contributed by atoms with Crippen molar-refractivity contribution in [3.63, 3.8) is 0 Å². The third-order valence-corrected chi connectivity index (χ3v) is 3.05. The third-order valence-electron chi connectivity index (χ3n) is 3.05. The van der Waals surface area contributed by atoms with Crippen molar-refractivity contribution in [2.75, 3.05) is 39.3 Å². The van der Waals surface area contributed by atoms with Gasteiger partial charge in [-0.1, -0.05) is 0 Å². The van der Waals surface area contributed by atoms with Crippen molar-refractivity contribution in [1.29, 1.82) is 0 Å². The first kappa shape index (κ1) is 14.7. The summed E-state index contributed by atoms with van der Waals surface area (Å²) in [6.45, 7) is 5.31. The Bertz CT molecular complexity index is 298. The van der Waals surface area contributed by atoms with E-state index in [1.807, 2.05) is 0 Å². The quantitative estimate of drug-likeness (QED) is 0.575. The van der Waals surface area contributed by atoms with Crippen LogP contribution in [-0.2, 0) is 4.79 Å². The Labute approximate surface area is 107 Å². The molecule has 1 heterocycles. The Morgan fingerprint density at radius 2 is 2.06 bits per heavy atom. The number of β-amino-alcohol motifs (C(OH)–C–C–N with tert-alkyl or cyclic N) is 1. The number of aliphatic hydroxyl groups is 1. The molecule has 0 spiro atoms. The average Bonchev–Trinajstić information content (AvgIpc) is 2.53. The molecule has 1 rings (SSSR count). The molecule has 7 nitrogen and oxygen atoms in total. The van der Waals surface area contributed by atoms with Crippen LogP contribution in [0.4, 0.5) is 4.79 Å². The van der Waals surface area contributed by atoms with Crippen molar-refractivity contribution in [2.45, 2.75) is 19.4 Å². The largest absolute Gasteiger partial charge is 0.395 e. The van der Waals surface area contributed by atoms with Crippen molar-refractivity contribution < 1.29 is 14.7 Å². The molecule has 1 unspecified atom stereocenters. The second-order valence-electron chi connectivity index (χ2n) is 4.47. The molecule has 1 aliphatic rings. The van der Waals surface area contributed by atoms with Gasteiger partial charge in [0.05, 0.1) is 6.61 Å². The zero-order valence-corrected chi connectivity index (χ0v) is 10.8. The van der Waals surface area contributed by atoms with E-state index in [0.29, 0.717) is 19.6 Å². The Balaban J connectivity index is 2.46. The summed E-state index contributed by atoms with van der Waals surface area (Å²) in [7, 11) is 0. The number of rotatable bonds is 4. The molecule has 0 aromatic heterocycles. The van der Waals surface area contributed by atoms with Gasteiger partial charge in [0.2, 0.25) is 5.91 Å². The molecule has 104 valence electrons.